The molecule has 0 aliphatic carbocycles. The number of hydrogen-bond acceptors (Lipinski definition) is 5. The summed E-state index contributed by atoms with van der Waals surface area (Å²) in [5.41, 5.74) is 0.362. The van der Waals surface area contributed by atoms with Crippen molar-refractivity contribution in [3.63, 3.8) is 0 Å². The summed E-state index contributed by atoms with van der Waals surface area (Å²) in [6.45, 7) is 0.162. The molecule has 92 valence electrons. The summed E-state index contributed by atoms with van der Waals surface area (Å²) >= 11 is 0. The maximum absolute atomic E-state index is 11.5. The van der Waals surface area contributed by atoms with Crippen LogP contribution in [-0.4, -0.2) is 30.8 Å². The zero-order chi connectivity index (χ0) is 12.7. The van der Waals surface area contributed by atoms with Crippen molar-refractivity contribution in [1.29, 1.82) is 0 Å². The molecular formula is C12H14O5. The number of hydrogen-bond donors (Lipinski definition) is 1. The lowest BCUT2D eigenvalue weighted by atomic mass is 10.2. The molecule has 1 rings (SSSR count). The third-order valence-electron chi connectivity index (χ3n) is 2.09. The minimum atomic E-state index is -0.477. The average Bonchev–Trinajstić information content (AvgIpc) is 2.34. The van der Waals surface area contributed by atoms with E-state index in [2.05, 4.69) is 4.74 Å². The van der Waals surface area contributed by atoms with Gasteiger partial charge in [-0.25, -0.2) is 4.79 Å². The molecule has 1 aromatic rings. The summed E-state index contributed by atoms with van der Waals surface area (Å²) in [4.78, 5) is 22.2. The van der Waals surface area contributed by atoms with Crippen molar-refractivity contribution in [1.82, 2.24) is 0 Å². The Bertz CT molecular complexity index is 382. The molecule has 0 heterocycles. The molecule has 0 amide bonds. The van der Waals surface area contributed by atoms with E-state index < -0.39 is 5.97 Å². The summed E-state index contributed by atoms with van der Waals surface area (Å²) in [7, 11) is 1.31. The van der Waals surface area contributed by atoms with Crippen molar-refractivity contribution in [2.24, 2.45) is 0 Å². The predicted molar refractivity (Wildman–Crippen MR) is 59.6 cm³/mol. The number of phenols is 1. The Labute approximate surface area is 99.0 Å². The predicted octanol–water partition coefficient (Wildman–Crippen LogP) is 1.50. The molecule has 1 aromatic carbocycles. The quantitative estimate of drug-likeness (QED) is 0.621. The van der Waals surface area contributed by atoms with Crippen LogP contribution < -0.4 is 0 Å². The van der Waals surface area contributed by atoms with Gasteiger partial charge in [0, 0.05) is 6.42 Å². The Hall–Kier alpha value is -2.04. The maximum Gasteiger partial charge on any atom is 0.338 e. The van der Waals surface area contributed by atoms with E-state index in [9.17, 15) is 9.59 Å². The van der Waals surface area contributed by atoms with Crippen LogP contribution in [-0.2, 0) is 14.3 Å². The van der Waals surface area contributed by atoms with Crippen molar-refractivity contribution in [2.45, 2.75) is 12.8 Å². The molecule has 0 radical (unpaired) electrons. The summed E-state index contributed by atoms with van der Waals surface area (Å²) in [5, 5.41) is 9.04. The molecule has 1 N–H and O–H groups in total. The highest BCUT2D eigenvalue weighted by atomic mass is 16.5. The van der Waals surface area contributed by atoms with E-state index in [1.54, 1.807) is 0 Å². The van der Waals surface area contributed by atoms with E-state index in [1.807, 2.05) is 0 Å². The number of phenolic OH excluding ortho intramolecular Hbond substituents is 1. The van der Waals surface area contributed by atoms with E-state index in [0.29, 0.717) is 12.0 Å². The van der Waals surface area contributed by atoms with Gasteiger partial charge in [0.05, 0.1) is 19.3 Å². The first-order valence-electron chi connectivity index (χ1n) is 5.16. The van der Waals surface area contributed by atoms with Gasteiger partial charge in [0.15, 0.2) is 0 Å². The molecule has 0 saturated carbocycles. The van der Waals surface area contributed by atoms with E-state index >= 15 is 0 Å². The first-order chi connectivity index (χ1) is 8.13. The standard InChI is InChI=1S/C12H14O5/c1-16-11(14)3-2-8-17-12(15)9-4-6-10(13)7-5-9/h4-7,13H,2-3,8H2,1H3. The summed E-state index contributed by atoms with van der Waals surface area (Å²) in [6, 6.07) is 5.76. The monoisotopic (exact) mass is 238 g/mol. The number of esters is 2. The van der Waals surface area contributed by atoms with Gasteiger partial charge >= 0.3 is 11.9 Å². The van der Waals surface area contributed by atoms with Crippen LogP contribution in [0.1, 0.15) is 23.2 Å². The van der Waals surface area contributed by atoms with Gasteiger partial charge in [-0.05, 0) is 30.7 Å². The van der Waals surface area contributed by atoms with E-state index in [0.717, 1.165) is 0 Å². The molecule has 0 fully saturated rings. The van der Waals surface area contributed by atoms with E-state index in [4.69, 9.17) is 9.84 Å². The Kier molecular flexibility index (Phi) is 5.00. The van der Waals surface area contributed by atoms with Crippen LogP contribution in [0.5, 0.6) is 5.75 Å². The summed E-state index contributed by atoms with van der Waals surface area (Å²) in [5.74, 6) is -0.715. The van der Waals surface area contributed by atoms with Crippen LogP contribution >= 0.6 is 0 Å². The van der Waals surface area contributed by atoms with Crippen LogP contribution in [0.4, 0.5) is 0 Å². The highest BCUT2D eigenvalue weighted by molar-refractivity contribution is 5.89. The third-order valence-corrected chi connectivity index (χ3v) is 2.09. The number of carbonyl (C=O) groups is 2. The molecule has 0 aromatic heterocycles. The normalized spacial score (nSPS) is 9.71. The number of methoxy groups -OCH3 is 1. The topological polar surface area (TPSA) is 72.8 Å². The summed E-state index contributed by atoms with van der Waals surface area (Å²) < 4.78 is 9.38. The minimum absolute atomic E-state index is 0.0900. The molecule has 0 atom stereocenters. The molecule has 17 heavy (non-hydrogen) atoms. The van der Waals surface area contributed by atoms with Crippen molar-refractivity contribution in [3.05, 3.63) is 29.8 Å². The Morgan fingerprint density at radius 2 is 1.88 bits per heavy atom. The molecular weight excluding hydrogens is 224 g/mol. The third kappa shape index (κ3) is 4.55. The highest BCUT2D eigenvalue weighted by Crippen LogP contribution is 2.10. The lowest BCUT2D eigenvalue weighted by Gasteiger charge is -2.04. The SMILES string of the molecule is COC(=O)CCCOC(=O)c1ccc(O)cc1. The molecule has 0 bridgehead atoms. The lowest BCUT2D eigenvalue weighted by molar-refractivity contribution is -0.140. The first kappa shape index (κ1) is 13.0. The fourth-order valence-corrected chi connectivity index (χ4v) is 1.16. The highest BCUT2D eigenvalue weighted by Gasteiger charge is 2.07. The summed E-state index contributed by atoms with van der Waals surface area (Å²) in [6.07, 6.45) is 0.649. The number of benzene rings is 1. The van der Waals surface area contributed by atoms with Gasteiger partial charge in [0.2, 0.25) is 0 Å². The van der Waals surface area contributed by atoms with Gasteiger partial charge in [-0.3, -0.25) is 4.79 Å². The number of ether oxygens (including phenoxy) is 2. The van der Waals surface area contributed by atoms with Crippen molar-refractivity contribution in [2.75, 3.05) is 13.7 Å². The van der Waals surface area contributed by atoms with Gasteiger partial charge in [0.25, 0.3) is 0 Å². The Balaban J connectivity index is 2.30. The average molecular weight is 238 g/mol. The lowest BCUT2D eigenvalue weighted by Crippen LogP contribution is -2.08. The molecule has 5 heteroatoms. The molecule has 0 unspecified atom stereocenters. The van der Waals surface area contributed by atoms with Gasteiger partial charge < -0.3 is 14.6 Å². The van der Waals surface area contributed by atoms with Crippen LogP contribution in [0, 0.1) is 0 Å². The largest absolute Gasteiger partial charge is 0.508 e. The van der Waals surface area contributed by atoms with Crippen LogP contribution in [0.3, 0.4) is 0 Å². The zero-order valence-corrected chi connectivity index (χ0v) is 9.51. The fraction of sp³-hybridized carbons (Fsp3) is 0.333. The van der Waals surface area contributed by atoms with Crippen LogP contribution in [0.15, 0.2) is 24.3 Å². The number of rotatable bonds is 5. The Morgan fingerprint density at radius 3 is 2.47 bits per heavy atom. The molecule has 5 nitrogen and oxygen atoms in total. The molecule has 0 spiro atoms. The van der Waals surface area contributed by atoms with E-state index in [-0.39, 0.29) is 24.7 Å². The molecule has 0 aliphatic rings. The second kappa shape index (κ2) is 6.52. The first-order valence-corrected chi connectivity index (χ1v) is 5.16. The van der Waals surface area contributed by atoms with Gasteiger partial charge in [-0.15, -0.1) is 0 Å². The smallest absolute Gasteiger partial charge is 0.338 e. The van der Waals surface area contributed by atoms with Gasteiger partial charge in [-0.1, -0.05) is 0 Å². The second-order valence-corrected chi connectivity index (χ2v) is 3.36. The van der Waals surface area contributed by atoms with E-state index in [1.165, 1.54) is 31.4 Å². The molecule has 0 saturated heterocycles. The fourth-order valence-electron chi connectivity index (χ4n) is 1.16. The number of aromatic hydroxyl groups is 1. The minimum Gasteiger partial charge on any atom is -0.508 e. The van der Waals surface area contributed by atoms with Gasteiger partial charge in [-0.2, -0.15) is 0 Å². The van der Waals surface area contributed by atoms with Crippen molar-refractivity contribution in [3.8, 4) is 5.75 Å². The van der Waals surface area contributed by atoms with Crippen molar-refractivity contribution >= 4 is 11.9 Å². The number of carbonyl (C=O) groups excluding carboxylic acids is 2. The zero-order valence-electron chi connectivity index (χ0n) is 9.51. The molecule has 0 aliphatic heterocycles. The maximum atomic E-state index is 11.5. The van der Waals surface area contributed by atoms with Crippen LogP contribution in [0.25, 0.3) is 0 Å². The van der Waals surface area contributed by atoms with Crippen LogP contribution in [0.2, 0.25) is 0 Å². The van der Waals surface area contributed by atoms with Gasteiger partial charge in [0.1, 0.15) is 5.75 Å². The second-order valence-electron chi connectivity index (χ2n) is 3.36. The Morgan fingerprint density at radius 1 is 1.24 bits per heavy atom. The van der Waals surface area contributed by atoms with Crippen molar-refractivity contribution < 1.29 is 24.2 Å².